The van der Waals surface area contributed by atoms with Crippen molar-refractivity contribution in [2.45, 2.75) is 31.9 Å². The summed E-state index contributed by atoms with van der Waals surface area (Å²) in [5.41, 5.74) is 5.58. The van der Waals surface area contributed by atoms with E-state index in [-0.39, 0.29) is 17.8 Å². The number of carbonyl (C=O) groups is 1. The number of piperidine rings is 1. The van der Waals surface area contributed by atoms with E-state index in [0.717, 1.165) is 12.8 Å². The van der Waals surface area contributed by atoms with Crippen molar-refractivity contribution in [3.05, 3.63) is 30.1 Å². The summed E-state index contributed by atoms with van der Waals surface area (Å²) < 4.78 is 18.5. The molecule has 0 unspecified atom stereocenters. The van der Waals surface area contributed by atoms with E-state index in [9.17, 15) is 9.18 Å². The van der Waals surface area contributed by atoms with Crippen molar-refractivity contribution in [3.63, 3.8) is 0 Å². The number of amides is 1. The van der Waals surface area contributed by atoms with Crippen LogP contribution in [-0.2, 0) is 4.79 Å². The molecule has 1 fully saturated rings. The Morgan fingerprint density at radius 1 is 1.37 bits per heavy atom. The lowest BCUT2D eigenvalue weighted by Gasteiger charge is -2.33. The van der Waals surface area contributed by atoms with Crippen LogP contribution in [0.1, 0.15) is 19.8 Å². The van der Waals surface area contributed by atoms with E-state index in [4.69, 9.17) is 10.5 Å². The summed E-state index contributed by atoms with van der Waals surface area (Å²) in [5, 5.41) is 0. The van der Waals surface area contributed by atoms with E-state index in [2.05, 4.69) is 0 Å². The predicted octanol–water partition coefficient (Wildman–Crippen LogP) is 1.54. The number of halogens is 1. The topological polar surface area (TPSA) is 55.6 Å². The molecule has 5 heteroatoms. The summed E-state index contributed by atoms with van der Waals surface area (Å²) in [6.07, 6.45) is 1.62. The number of carbonyl (C=O) groups excluding carboxylic acids is 1. The van der Waals surface area contributed by atoms with Crippen LogP contribution in [0.25, 0.3) is 0 Å². The molecule has 0 bridgehead atoms. The van der Waals surface area contributed by atoms with Crippen LogP contribution in [-0.4, -0.2) is 36.0 Å². The maximum Gasteiger partial charge on any atom is 0.239 e. The van der Waals surface area contributed by atoms with Crippen molar-refractivity contribution in [2.24, 2.45) is 5.73 Å². The van der Waals surface area contributed by atoms with Gasteiger partial charge in [0.25, 0.3) is 0 Å². The number of rotatable bonds is 3. The third-order valence-electron chi connectivity index (χ3n) is 3.26. The van der Waals surface area contributed by atoms with Crippen LogP contribution in [0, 0.1) is 5.82 Å². The second-order valence-electron chi connectivity index (χ2n) is 4.89. The molecule has 0 aromatic heterocycles. The summed E-state index contributed by atoms with van der Waals surface area (Å²) >= 11 is 0. The van der Waals surface area contributed by atoms with Gasteiger partial charge in [-0.05, 0) is 31.2 Å². The number of hydrogen-bond donors (Lipinski definition) is 1. The highest BCUT2D eigenvalue weighted by Gasteiger charge is 2.25. The average molecular weight is 266 g/mol. The van der Waals surface area contributed by atoms with E-state index >= 15 is 0 Å². The highest BCUT2D eigenvalue weighted by atomic mass is 19.1. The Kier molecular flexibility index (Phi) is 4.37. The summed E-state index contributed by atoms with van der Waals surface area (Å²) in [6, 6.07) is 5.55. The lowest BCUT2D eigenvalue weighted by molar-refractivity contribution is -0.133. The van der Waals surface area contributed by atoms with Gasteiger partial charge >= 0.3 is 0 Å². The zero-order valence-electron chi connectivity index (χ0n) is 11.0. The van der Waals surface area contributed by atoms with Crippen molar-refractivity contribution in [1.82, 2.24) is 4.90 Å². The van der Waals surface area contributed by atoms with E-state index in [1.165, 1.54) is 12.1 Å². The van der Waals surface area contributed by atoms with Gasteiger partial charge in [0.05, 0.1) is 6.04 Å². The van der Waals surface area contributed by atoms with Crippen molar-refractivity contribution < 1.29 is 13.9 Å². The van der Waals surface area contributed by atoms with Crippen molar-refractivity contribution in [3.8, 4) is 5.75 Å². The lowest BCUT2D eigenvalue weighted by Crippen LogP contribution is -2.47. The van der Waals surface area contributed by atoms with Crippen LogP contribution in [0.3, 0.4) is 0 Å². The number of hydrogen-bond acceptors (Lipinski definition) is 3. The molecule has 0 saturated carbocycles. The van der Waals surface area contributed by atoms with Gasteiger partial charge in [0.1, 0.15) is 17.7 Å². The smallest absolute Gasteiger partial charge is 0.239 e. The molecule has 0 spiro atoms. The molecule has 4 nitrogen and oxygen atoms in total. The summed E-state index contributed by atoms with van der Waals surface area (Å²) in [5.74, 6) is 0.378. The first-order valence-corrected chi connectivity index (χ1v) is 6.53. The van der Waals surface area contributed by atoms with Crippen molar-refractivity contribution in [1.29, 1.82) is 0 Å². The normalized spacial score (nSPS) is 18.2. The highest BCUT2D eigenvalue weighted by molar-refractivity contribution is 5.81. The maximum atomic E-state index is 12.8. The van der Waals surface area contributed by atoms with Gasteiger partial charge in [0, 0.05) is 25.9 Å². The quantitative estimate of drug-likeness (QED) is 0.903. The molecule has 1 saturated heterocycles. The van der Waals surface area contributed by atoms with Crippen LogP contribution in [0.15, 0.2) is 24.3 Å². The molecule has 1 heterocycles. The van der Waals surface area contributed by atoms with Gasteiger partial charge in [-0.3, -0.25) is 4.79 Å². The van der Waals surface area contributed by atoms with Gasteiger partial charge in [-0.1, -0.05) is 0 Å². The Bertz CT molecular complexity index is 426. The van der Waals surface area contributed by atoms with Gasteiger partial charge in [-0.2, -0.15) is 0 Å². The van der Waals surface area contributed by atoms with E-state index in [1.807, 2.05) is 0 Å². The molecule has 2 rings (SSSR count). The molecule has 0 radical (unpaired) electrons. The van der Waals surface area contributed by atoms with E-state index < -0.39 is 6.04 Å². The largest absolute Gasteiger partial charge is 0.490 e. The van der Waals surface area contributed by atoms with Gasteiger partial charge in [-0.25, -0.2) is 4.39 Å². The average Bonchev–Trinajstić information content (AvgIpc) is 2.41. The van der Waals surface area contributed by atoms with Crippen molar-refractivity contribution >= 4 is 5.91 Å². The lowest BCUT2D eigenvalue weighted by atomic mass is 10.1. The van der Waals surface area contributed by atoms with Gasteiger partial charge in [0.2, 0.25) is 5.91 Å². The Labute approximate surface area is 112 Å². The molecule has 1 aromatic rings. The molecule has 1 aliphatic rings. The number of ether oxygens (including phenoxy) is 1. The first-order chi connectivity index (χ1) is 9.06. The minimum absolute atomic E-state index is 0.0137. The summed E-state index contributed by atoms with van der Waals surface area (Å²) in [6.45, 7) is 3.02. The summed E-state index contributed by atoms with van der Waals surface area (Å²) in [4.78, 5) is 13.5. The molecule has 0 aliphatic carbocycles. The third kappa shape index (κ3) is 3.67. The van der Waals surface area contributed by atoms with E-state index in [0.29, 0.717) is 18.8 Å². The molecule has 2 N–H and O–H groups in total. The van der Waals surface area contributed by atoms with Crippen LogP contribution < -0.4 is 10.5 Å². The number of likely N-dealkylation sites (tertiary alicyclic amines) is 1. The highest BCUT2D eigenvalue weighted by Crippen LogP contribution is 2.19. The second-order valence-corrected chi connectivity index (χ2v) is 4.89. The fraction of sp³-hybridized carbons (Fsp3) is 0.500. The first-order valence-electron chi connectivity index (χ1n) is 6.53. The number of nitrogens with zero attached hydrogens (tertiary/aromatic N) is 1. The van der Waals surface area contributed by atoms with Gasteiger partial charge in [0.15, 0.2) is 0 Å². The minimum atomic E-state index is -0.449. The zero-order valence-corrected chi connectivity index (χ0v) is 11.0. The first kappa shape index (κ1) is 13.8. The van der Waals surface area contributed by atoms with Crippen LogP contribution >= 0.6 is 0 Å². The molecule has 1 aliphatic heterocycles. The SMILES string of the molecule is C[C@@H](N)C(=O)N1CCC(Oc2ccc(F)cc2)CC1. The predicted molar refractivity (Wildman–Crippen MR) is 70.3 cm³/mol. The molecular weight excluding hydrogens is 247 g/mol. The van der Waals surface area contributed by atoms with Crippen molar-refractivity contribution in [2.75, 3.05) is 13.1 Å². The fourth-order valence-electron chi connectivity index (χ4n) is 2.19. The molecule has 19 heavy (non-hydrogen) atoms. The molecule has 1 aromatic carbocycles. The Hall–Kier alpha value is -1.62. The maximum absolute atomic E-state index is 12.8. The van der Waals surface area contributed by atoms with Gasteiger partial charge < -0.3 is 15.4 Å². The molecule has 104 valence electrons. The minimum Gasteiger partial charge on any atom is -0.490 e. The Morgan fingerprint density at radius 2 is 1.95 bits per heavy atom. The Balaban J connectivity index is 1.83. The molecular formula is C14H19FN2O2. The van der Waals surface area contributed by atoms with Crippen LogP contribution in [0.4, 0.5) is 4.39 Å². The standard InChI is InChI=1S/C14H19FN2O2/c1-10(16)14(18)17-8-6-13(7-9-17)19-12-4-2-11(15)3-5-12/h2-5,10,13H,6-9,16H2,1H3/t10-/m1/s1. The fourth-order valence-corrected chi connectivity index (χ4v) is 2.19. The number of benzene rings is 1. The Morgan fingerprint density at radius 3 is 2.47 bits per heavy atom. The monoisotopic (exact) mass is 266 g/mol. The molecule has 1 atom stereocenters. The summed E-state index contributed by atoms with van der Waals surface area (Å²) in [7, 11) is 0. The molecule has 1 amide bonds. The second kappa shape index (κ2) is 6.02. The van der Waals surface area contributed by atoms with Gasteiger partial charge in [-0.15, -0.1) is 0 Å². The van der Waals surface area contributed by atoms with Crippen LogP contribution in [0.5, 0.6) is 5.75 Å². The van der Waals surface area contributed by atoms with E-state index in [1.54, 1.807) is 24.0 Å². The number of nitrogens with two attached hydrogens (primary N) is 1. The zero-order chi connectivity index (χ0) is 13.8. The van der Waals surface area contributed by atoms with Crippen LogP contribution in [0.2, 0.25) is 0 Å². The third-order valence-corrected chi connectivity index (χ3v) is 3.26.